The molecule has 28 heavy (non-hydrogen) atoms. The standard InChI is InChI=1S/C19H21BrN6O2/c20-15-6-4-5-14(11-15)12-25-16(8-9-21-25)22-18(27)13-26-19(28)24-10-3-1-2-7-17(24)23-26/h4-6,8-9,11H,1-3,7,10,12-13H2,(H,22,27). The molecule has 3 heterocycles. The summed E-state index contributed by atoms with van der Waals surface area (Å²) in [7, 11) is 0. The van der Waals surface area contributed by atoms with Crippen molar-refractivity contribution < 1.29 is 4.79 Å². The van der Waals surface area contributed by atoms with Gasteiger partial charge in [-0.2, -0.15) is 10.2 Å². The van der Waals surface area contributed by atoms with Gasteiger partial charge >= 0.3 is 5.69 Å². The number of rotatable bonds is 5. The van der Waals surface area contributed by atoms with Crippen LogP contribution >= 0.6 is 15.9 Å². The van der Waals surface area contributed by atoms with E-state index in [0.717, 1.165) is 41.5 Å². The van der Waals surface area contributed by atoms with Gasteiger partial charge in [0.05, 0.1) is 12.7 Å². The molecule has 0 saturated heterocycles. The summed E-state index contributed by atoms with van der Waals surface area (Å²) in [6, 6.07) is 9.65. The lowest BCUT2D eigenvalue weighted by Crippen LogP contribution is -2.30. The highest BCUT2D eigenvalue weighted by molar-refractivity contribution is 9.10. The van der Waals surface area contributed by atoms with Crippen LogP contribution in [0.15, 0.2) is 45.8 Å². The summed E-state index contributed by atoms with van der Waals surface area (Å²) >= 11 is 3.46. The zero-order valence-electron chi connectivity index (χ0n) is 15.3. The smallest absolute Gasteiger partial charge is 0.309 e. The second kappa shape index (κ2) is 8.14. The number of aryl methyl sites for hydroxylation is 1. The van der Waals surface area contributed by atoms with Crippen LogP contribution in [-0.4, -0.2) is 30.0 Å². The molecule has 9 heteroatoms. The largest absolute Gasteiger partial charge is 0.346 e. The van der Waals surface area contributed by atoms with Gasteiger partial charge in [-0.15, -0.1) is 0 Å². The fourth-order valence-electron chi connectivity index (χ4n) is 3.42. The Kier molecular flexibility index (Phi) is 5.43. The number of hydrogen-bond acceptors (Lipinski definition) is 4. The van der Waals surface area contributed by atoms with Crippen molar-refractivity contribution in [1.29, 1.82) is 0 Å². The topological polar surface area (TPSA) is 86.7 Å². The van der Waals surface area contributed by atoms with Gasteiger partial charge in [0.15, 0.2) is 0 Å². The number of carbonyl (C=O) groups excluding carboxylic acids is 1. The summed E-state index contributed by atoms with van der Waals surface area (Å²) in [5.74, 6) is 1.06. The van der Waals surface area contributed by atoms with E-state index in [0.29, 0.717) is 18.9 Å². The first-order chi connectivity index (χ1) is 13.6. The molecule has 0 aliphatic carbocycles. The summed E-state index contributed by atoms with van der Waals surface area (Å²) in [4.78, 5) is 25.0. The number of aromatic nitrogens is 5. The Balaban J connectivity index is 1.45. The van der Waals surface area contributed by atoms with E-state index < -0.39 is 0 Å². The van der Waals surface area contributed by atoms with E-state index in [2.05, 4.69) is 31.4 Å². The molecule has 0 bridgehead atoms. The SMILES string of the molecule is O=C(Cn1nc2n(c1=O)CCCCC2)Nc1ccnn1Cc1cccc(Br)c1. The van der Waals surface area contributed by atoms with Crippen LogP contribution in [0.2, 0.25) is 0 Å². The number of amides is 1. The third-order valence-corrected chi connectivity index (χ3v) is 5.27. The first kappa shape index (κ1) is 18.7. The molecular weight excluding hydrogens is 424 g/mol. The minimum atomic E-state index is -0.300. The third kappa shape index (κ3) is 4.09. The molecule has 1 amide bonds. The van der Waals surface area contributed by atoms with Gasteiger partial charge < -0.3 is 5.32 Å². The molecule has 0 saturated carbocycles. The Labute approximate surface area is 170 Å². The Bertz CT molecular complexity index is 1050. The quantitative estimate of drug-likeness (QED) is 0.654. The molecule has 8 nitrogen and oxygen atoms in total. The number of hydrogen-bond donors (Lipinski definition) is 1. The first-order valence-corrected chi connectivity index (χ1v) is 10.1. The Hall–Kier alpha value is -2.68. The van der Waals surface area contributed by atoms with Crippen molar-refractivity contribution in [2.24, 2.45) is 0 Å². The number of benzene rings is 1. The van der Waals surface area contributed by atoms with Crippen molar-refractivity contribution in [2.75, 3.05) is 5.32 Å². The Morgan fingerprint density at radius 3 is 2.93 bits per heavy atom. The van der Waals surface area contributed by atoms with Gasteiger partial charge in [-0.05, 0) is 30.5 Å². The highest BCUT2D eigenvalue weighted by Gasteiger charge is 2.18. The average molecular weight is 445 g/mol. The van der Waals surface area contributed by atoms with Crippen LogP contribution < -0.4 is 11.0 Å². The van der Waals surface area contributed by atoms with Crippen molar-refractivity contribution in [1.82, 2.24) is 24.1 Å². The van der Waals surface area contributed by atoms with Crippen molar-refractivity contribution in [3.05, 3.63) is 62.9 Å². The van der Waals surface area contributed by atoms with E-state index in [-0.39, 0.29) is 18.1 Å². The maximum Gasteiger partial charge on any atom is 0.346 e. The molecule has 1 aliphatic rings. The minimum absolute atomic E-state index is 0.110. The van der Waals surface area contributed by atoms with Crippen LogP contribution in [0.4, 0.5) is 5.82 Å². The van der Waals surface area contributed by atoms with E-state index in [1.807, 2.05) is 24.3 Å². The van der Waals surface area contributed by atoms with E-state index in [4.69, 9.17) is 0 Å². The average Bonchev–Trinajstić information content (AvgIpc) is 3.10. The van der Waals surface area contributed by atoms with Crippen LogP contribution in [0.5, 0.6) is 0 Å². The van der Waals surface area contributed by atoms with Gasteiger partial charge in [0.1, 0.15) is 18.2 Å². The molecule has 0 radical (unpaired) electrons. The van der Waals surface area contributed by atoms with Crippen molar-refractivity contribution in [2.45, 2.75) is 45.3 Å². The molecule has 1 aliphatic heterocycles. The zero-order chi connectivity index (χ0) is 19.5. The normalized spacial score (nSPS) is 13.8. The van der Waals surface area contributed by atoms with Crippen molar-refractivity contribution >= 4 is 27.7 Å². The Morgan fingerprint density at radius 2 is 2.07 bits per heavy atom. The first-order valence-electron chi connectivity index (χ1n) is 9.33. The maximum atomic E-state index is 12.5. The zero-order valence-corrected chi connectivity index (χ0v) is 16.9. The van der Waals surface area contributed by atoms with Crippen LogP contribution in [-0.2, 0) is 30.8 Å². The molecule has 0 atom stereocenters. The number of anilines is 1. The van der Waals surface area contributed by atoms with E-state index in [1.165, 1.54) is 4.68 Å². The van der Waals surface area contributed by atoms with Crippen LogP contribution in [0.1, 0.15) is 30.7 Å². The van der Waals surface area contributed by atoms with Crippen molar-refractivity contribution in [3.63, 3.8) is 0 Å². The van der Waals surface area contributed by atoms with Gasteiger partial charge in [-0.25, -0.2) is 14.2 Å². The van der Waals surface area contributed by atoms with E-state index >= 15 is 0 Å². The summed E-state index contributed by atoms with van der Waals surface area (Å²) in [6.07, 6.45) is 5.52. The van der Waals surface area contributed by atoms with Gasteiger partial charge in [0.2, 0.25) is 5.91 Å². The van der Waals surface area contributed by atoms with Gasteiger partial charge in [-0.3, -0.25) is 9.36 Å². The molecule has 2 aromatic heterocycles. The number of nitrogens with one attached hydrogen (secondary N) is 1. The van der Waals surface area contributed by atoms with Crippen molar-refractivity contribution in [3.8, 4) is 0 Å². The van der Waals surface area contributed by atoms with E-state index in [1.54, 1.807) is 21.5 Å². The van der Waals surface area contributed by atoms with Gasteiger partial charge in [0.25, 0.3) is 0 Å². The van der Waals surface area contributed by atoms with Crippen LogP contribution in [0, 0.1) is 0 Å². The lowest BCUT2D eigenvalue weighted by Gasteiger charge is -2.09. The predicted molar refractivity (Wildman–Crippen MR) is 108 cm³/mol. The molecule has 0 spiro atoms. The number of fused-ring (bicyclic) bond motifs is 1. The van der Waals surface area contributed by atoms with Crippen LogP contribution in [0.25, 0.3) is 0 Å². The van der Waals surface area contributed by atoms with Gasteiger partial charge in [0, 0.05) is 23.5 Å². The minimum Gasteiger partial charge on any atom is -0.309 e. The monoisotopic (exact) mass is 444 g/mol. The fourth-order valence-corrected chi connectivity index (χ4v) is 3.87. The lowest BCUT2D eigenvalue weighted by molar-refractivity contribution is -0.117. The molecule has 146 valence electrons. The third-order valence-electron chi connectivity index (χ3n) is 4.78. The number of halogens is 1. The lowest BCUT2D eigenvalue weighted by atomic mass is 10.2. The van der Waals surface area contributed by atoms with E-state index in [9.17, 15) is 9.59 Å². The number of carbonyl (C=O) groups is 1. The summed E-state index contributed by atoms with van der Waals surface area (Å²) in [5, 5.41) is 11.5. The maximum absolute atomic E-state index is 12.5. The van der Waals surface area contributed by atoms with Gasteiger partial charge in [-0.1, -0.05) is 34.5 Å². The van der Waals surface area contributed by atoms with Crippen LogP contribution in [0.3, 0.4) is 0 Å². The summed E-state index contributed by atoms with van der Waals surface area (Å²) in [5.41, 5.74) is 0.845. The molecule has 4 rings (SSSR count). The highest BCUT2D eigenvalue weighted by atomic mass is 79.9. The summed E-state index contributed by atoms with van der Waals surface area (Å²) in [6.45, 7) is 1.09. The molecular formula is C19H21BrN6O2. The molecule has 3 aromatic rings. The predicted octanol–water partition coefficient (Wildman–Crippen LogP) is 2.42. The molecule has 1 aromatic carbocycles. The highest BCUT2D eigenvalue weighted by Crippen LogP contribution is 2.15. The molecule has 1 N–H and O–H groups in total. The number of nitrogens with zero attached hydrogens (tertiary/aromatic N) is 5. The summed E-state index contributed by atoms with van der Waals surface area (Å²) < 4.78 is 5.65. The second-order valence-electron chi connectivity index (χ2n) is 6.87. The molecule has 0 fully saturated rings. The second-order valence-corrected chi connectivity index (χ2v) is 7.79. The Morgan fingerprint density at radius 1 is 1.18 bits per heavy atom. The fraction of sp³-hybridized carbons (Fsp3) is 0.368. The molecule has 0 unspecified atom stereocenters.